The van der Waals surface area contributed by atoms with Crippen LogP contribution in [0.15, 0.2) is 42.5 Å². The molecule has 2 fully saturated rings. The van der Waals surface area contributed by atoms with Crippen molar-refractivity contribution in [2.24, 2.45) is 0 Å². The van der Waals surface area contributed by atoms with Crippen LogP contribution in [-0.2, 0) is 11.2 Å². The number of ether oxygens (including phenoxy) is 1. The van der Waals surface area contributed by atoms with Crippen molar-refractivity contribution in [2.45, 2.75) is 63.5 Å². The van der Waals surface area contributed by atoms with Gasteiger partial charge in [0, 0.05) is 23.7 Å². The monoisotopic (exact) mass is 407 g/mol. The lowest BCUT2D eigenvalue weighted by Gasteiger charge is -2.27. The second-order valence-electron chi connectivity index (χ2n) is 8.57. The molecule has 5 nitrogen and oxygen atoms in total. The summed E-state index contributed by atoms with van der Waals surface area (Å²) in [7, 11) is 1.71. The van der Waals surface area contributed by atoms with Crippen LogP contribution in [0.3, 0.4) is 0 Å². The Kier molecular flexibility index (Phi) is 7.00. The van der Waals surface area contributed by atoms with E-state index < -0.39 is 0 Å². The lowest BCUT2D eigenvalue weighted by molar-refractivity contribution is -0.123. The molecule has 5 heteroatoms. The van der Waals surface area contributed by atoms with E-state index in [4.69, 9.17) is 9.72 Å². The zero-order chi connectivity index (χ0) is 20.8. The lowest BCUT2D eigenvalue weighted by Crippen LogP contribution is -2.42. The molecule has 2 aliphatic rings. The van der Waals surface area contributed by atoms with Crippen molar-refractivity contribution in [1.29, 1.82) is 0 Å². The number of pyridine rings is 1. The van der Waals surface area contributed by atoms with E-state index in [9.17, 15) is 4.79 Å². The molecule has 0 unspecified atom stereocenters. The van der Waals surface area contributed by atoms with Gasteiger partial charge < -0.3 is 10.1 Å². The van der Waals surface area contributed by atoms with Crippen LogP contribution in [0.5, 0.6) is 5.75 Å². The van der Waals surface area contributed by atoms with Gasteiger partial charge in [-0.25, -0.2) is 0 Å². The molecule has 1 saturated carbocycles. The van der Waals surface area contributed by atoms with Gasteiger partial charge in [0.2, 0.25) is 5.91 Å². The molecule has 1 aliphatic carbocycles. The molecule has 30 heavy (non-hydrogen) atoms. The Morgan fingerprint density at radius 1 is 1.07 bits per heavy atom. The van der Waals surface area contributed by atoms with Crippen LogP contribution in [0.1, 0.15) is 67.9 Å². The van der Waals surface area contributed by atoms with Gasteiger partial charge in [0.1, 0.15) is 5.75 Å². The van der Waals surface area contributed by atoms with Crippen LogP contribution in [0.25, 0.3) is 0 Å². The van der Waals surface area contributed by atoms with Crippen molar-refractivity contribution < 1.29 is 9.53 Å². The molecule has 1 N–H and O–H groups in total. The normalized spacial score (nSPS) is 20.2. The van der Waals surface area contributed by atoms with E-state index in [0.29, 0.717) is 12.6 Å². The van der Waals surface area contributed by atoms with Crippen molar-refractivity contribution in [3.8, 4) is 5.75 Å². The van der Waals surface area contributed by atoms with Gasteiger partial charge >= 0.3 is 0 Å². The highest BCUT2D eigenvalue weighted by atomic mass is 16.5. The first-order valence-corrected chi connectivity index (χ1v) is 11.3. The Hall–Kier alpha value is -2.40. The summed E-state index contributed by atoms with van der Waals surface area (Å²) in [5.41, 5.74) is 3.25. The van der Waals surface area contributed by atoms with Gasteiger partial charge in [0.15, 0.2) is 0 Å². The largest absolute Gasteiger partial charge is 0.496 e. The molecule has 0 radical (unpaired) electrons. The third-order valence-corrected chi connectivity index (χ3v) is 6.41. The number of carbonyl (C=O) groups excluding carboxylic acids is 1. The van der Waals surface area contributed by atoms with Crippen LogP contribution in [0.2, 0.25) is 0 Å². The van der Waals surface area contributed by atoms with E-state index in [0.717, 1.165) is 61.3 Å². The molecule has 1 aromatic heterocycles. The highest BCUT2D eigenvalue weighted by molar-refractivity contribution is 5.78. The van der Waals surface area contributed by atoms with Gasteiger partial charge in [-0.3, -0.25) is 14.7 Å². The average Bonchev–Trinajstić information content (AvgIpc) is 3.23. The fraction of sp³-hybridized carbons (Fsp3) is 0.520. The smallest absolute Gasteiger partial charge is 0.234 e. The minimum atomic E-state index is 0.166. The summed E-state index contributed by atoms with van der Waals surface area (Å²) in [5.74, 6) is 1.06. The van der Waals surface area contributed by atoms with E-state index in [1.54, 1.807) is 7.11 Å². The van der Waals surface area contributed by atoms with E-state index in [1.807, 2.05) is 18.2 Å². The number of nitrogens with zero attached hydrogens (tertiary/aromatic N) is 2. The first-order valence-electron chi connectivity index (χ1n) is 11.3. The summed E-state index contributed by atoms with van der Waals surface area (Å²) >= 11 is 0. The van der Waals surface area contributed by atoms with E-state index in [2.05, 4.69) is 34.5 Å². The summed E-state index contributed by atoms with van der Waals surface area (Å²) in [6.45, 7) is 1.43. The summed E-state index contributed by atoms with van der Waals surface area (Å²) in [4.78, 5) is 19.9. The van der Waals surface area contributed by atoms with Crippen LogP contribution in [0.4, 0.5) is 0 Å². The Bertz CT molecular complexity index is 848. The zero-order valence-corrected chi connectivity index (χ0v) is 18.0. The molecule has 2 aromatic rings. The number of hydrogen-bond acceptors (Lipinski definition) is 4. The number of benzene rings is 1. The Labute approximate surface area is 179 Å². The third-order valence-electron chi connectivity index (χ3n) is 6.41. The molecule has 1 saturated heterocycles. The fourth-order valence-corrected chi connectivity index (χ4v) is 4.88. The summed E-state index contributed by atoms with van der Waals surface area (Å²) in [5, 5.41) is 3.26. The van der Waals surface area contributed by atoms with E-state index in [1.165, 1.54) is 19.3 Å². The molecule has 1 aliphatic heterocycles. The van der Waals surface area contributed by atoms with Gasteiger partial charge in [0.25, 0.3) is 0 Å². The van der Waals surface area contributed by atoms with Gasteiger partial charge in [-0.15, -0.1) is 0 Å². The van der Waals surface area contributed by atoms with E-state index >= 15 is 0 Å². The van der Waals surface area contributed by atoms with Gasteiger partial charge in [-0.05, 0) is 50.4 Å². The molecule has 0 bridgehead atoms. The number of hydrogen-bond donors (Lipinski definition) is 1. The van der Waals surface area contributed by atoms with Crippen molar-refractivity contribution in [3.05, 3.63) is 59.4 Å². The number of para-hydroxylation sites is 1. The Balaban J connectivity index is 1.41. The van der Waals surface area contributed by atoms with Gasteiger partial charge in [0.05, 0.1) is 25.4 Å². The highest BCUT2D eigenvalue weighted by Crippen LogP contribution is 2.31. The minimum absolute atomic E-state index is 0.166. The molecule has 1 aromatic carbocycles. The number of carbonyl (C=O) groups is 1. The van der Waals surface area contributed by atoms with Crippen molar-refractivity contribution >= 4 is 5.91 Å². The standard InChI is InChI=1S/C25H33N3O2/c1-30-24-15-6-5-9-19(24)17-21-12-7-13-22(26-21)23-14-8-16-28(23)18-25(29)27-20-10-3-2-4-11-20/h5-7,9,12-13,15,20,23H,2-4,8,10-11,14,16-18H2,1H3,(H,27,29)/t23-/m0/s1. The fourth-order valence-electron chi connectivity index (χ4n) is 4.88. The van der Waals surface area contributed by atoms with Crippen LogP contribution in [0, 0.1) is 0 Å². The first-order chi connectivity index (χ1) is 14.7. The zero-order valence-electron chi connectivity index (χ0n) is 18.0. The van der Waals surface area contributed by atoms with Crippen molar-refractivity contribution in [3.63, 3.8) is 0 Å². The van der Waals surface area contributed by atoms with Crippen LogP contribution < -0.4 is 10.1 Å². The van der Waals surface area contributed by atoms with Gasteiger partial charge in [-0.2, -0.15) is 0 Å². The molecule has 4 rings (SSSR count). The van der Waals surface area contributed by atoms with E-state index in [-0.39, 0.29) is 11.9 Å². The summed E-state index contributed by atoms with van der Waals surface area (Å²) < 4.78 is 5.49. The second kappa shape index (κ2) is 10.1. The van der Waals surface area contributed by atoms with Crippen molar-refractivity contribution in [1.82, 2.24) is 15.2 Å². The molecular weight excluding hydrogens is 374 g/mol. The third kappa shape index (κ3) is 5.20. The number of amides is 1. The number of aromatic nitrogens is 1. The average molecular weight is 408 g/mol. The molecule has 1 atom stereocenters. The molecular formula is C25H33N3O2. The minimum Gasteiger partial charge on any atom is -0.496 e. The molecule has 1 amide bonds. The highest BCUT2D eigenvalue weighted by Gasteiger charge is 2.29. The second-order valence-corrected chi connectivity index (χ2v) is 8.57. The Morgan fingerprint density at radius 2 is 1.90 bits per heavy atom. The predicted molar refractivity (Wildman–Crippen MR) is 119 cm³/mol. The maximum absolute atomic E-state index is 12.6. The first kappa shape index (κ1) is 20.9. The summed E-state index contributed by atoms with van der Waals surface area (Å²) in [6, 6.07) is 15.0. The number of likely N-dealkylation sites (tertiary alicyclic amines) is 1. The number of methoxy groups -OCH3 is 1. The summed E-state index contributed by atoms with van der Waals surface area (Å²) in [6.07, 6.45) is 8.94. The predicted octanol–water partition coefficient (Wildman–Crippen LogP) is 4.27. The quantitative estimate of drug-likeness (QED) is 0.745. The lowest BCUT2D eigenvalue weighted by atomic mass is 9.95. The van der Waals surface area contributed by atoms with Crippen molar-refractivity contribution in [2.75, 3.05) is 20.2 Å². The molecule has 160 valence electrons. The van der Waals surface area contributed by atoms with Crippen LogP contribution in [-0.4, -0.2) is 42.0 Å². The molecule has 0 spiro atoms. The number of nitrogens with one attached hydrogen (secondary N) is 1. The maximum atomic E-state index is 12.6. The van der Waals surface area contributed by atoms with Crippen LogP contribution >= 0.6 is 0 Å². The maximum Gasteiger partial charge on any atom is 0.234 e. The molecule has 2 heterocycles. The Morgan fingerprint density at radius 3 is 2.73 bits per heavy atom. The SMILES string of the molecule is COc1ccccc1Cc1cccc([C@@H]2CCCN2CC(=O)NC2CCCCC2)n1. The number of rotatable bonds is 7. The topological polar surface area (TPSA) is 54.5 Å². The van der Waals surface area contributed by atoms with Gasteiger partial charge in [-0.1, -0.05) is 43.5 Å².